The van der Waals surface area contributed by atoms with Gasteiger partial charge in [0.25, 0.3) is 0 Å². The predicted molar refractivity (Wildman–Crippen MR) is 189 cm³/mol. The van der Waals surface area contributed by atoms with Crippen molar-refractivity contribution in [2.24, 2.45) is 15.9 Å². The Labute approximate surface area is 305 Å². The van der Waals surface area contributed by atoms with Gasteiger partial charge >= 0.3 is 16.5 Å². The molecular weight excluding hydrogens is 695 g/mol. The number of hydrogen-bond acceptors (Lipinski definition) is 8. The maximum Gasteiger partial charge on any atom is 2.00 e. The molecule has 4 aromatic carbocycles. The summed E-state index contributed by atoms with van der Waals surface area (Å²) in [6, 6.07) is 29.2. The van der Waals surface area contributed by atoms with Gasteiger partial charge in [-0.15, -0.1) is 0 Å². The fraction of sp³-hybridized carbons (Fsp3) is 0.308. The van der Waals surface area contributed by atoms with E-state index >= 15 is 0 Å². The van der Waals surface area contributed by atoms with Crippen LogP contribution < -0.4 is 14.9 Å². The average molecular weight is 738 g/mol. The molecule has 0 saturated carbocycles. The number of carboxylic acids is 1. The minimum absolute atomic E-state index is 0. The fourth-order valence-electron chi connectivity index (χ4n) is 6.15. The number of nitrogens with zero attached hydrogens (tertiary/aromatic N) is 3. The smallest absolute Gasteiger partial charge is 0.861 e. The predicted octanol–water partition coefficient (Wildman–Crippen LogP) is 4.40. The van der Waals surface area contributed by atoms with Crippen molar-refractivity contribution < 1.29 is 39.9 Å². The molecule has 11 heteroatoms. The van der Waals surface area contributed by atoms with E-state index in [9.17, 15) is 23.4 Å². The van der Waals surface area contributed by atoms with Crippen LogP contribution in [0.5, 0.6) is 0 Å². The Kier molecular flexibility index (Phi) is 13.7. The Morgan fingerprint density at radius 1 is 0.900 bits per heavy atom. The summed E-state index contributed by atoms with van der Waals surface area (Å²) >= 11 is 0. The Bertz CT molecular complexity index is 1880. The number of nitrogens with one attached hydrogen (secondary N) is 1. The van der Waals surface area contributed by atoms with Gasteiger partial charge in [-0.05, 0) is 68.3 Å². The Morgan fingerprint density at radius 2 is 1.52 bits per heavy atom. The largest absolute Gasteiger partial charge is 2.00 e. The topological polar surface area (TPSA) is 137 Å². The molecule has 9 nitrogen and oxygen atoms in total. The molecular formula is C39H42N4NiO5S. The molecule has 50 heavy (non-hydrogen) atoms. The maximum atomic E-state index is 13.8. The summed E-state index contributed by atoms with van der Waals surface area (Å²) in [5.74, 6) is -1.89. The number of aryl methyl sites for hydroxylation is 1. The van der Waals surface area contributed by atoms with Crippen LogP contribution in [0.2, 0.25) is 0 Å². The van der Waals surface area contributed by atoms with E-state index < -0.39 is 34.1 Å². The molecule has 0 radical (unpaired) electrons. The summed E-state index contributed by atoms with van der Waals surface area (Å²) in [4.78, 5) is 24.4. The van der Waals surface area contributed by atoms with E-state index in [1.54, 1.807) is 60.7 Å². The van der Waals surface area contributed by atoms with Crippen molar-refractivity contribution in [2.45, 2.75) is 69.6 Å². The van der Waals surface area contributed by atoms with Gasteiger partial charge in [0.2, 0.25) is 10.0 Å². The van der Waals surface area contributed by atoms with Crippen LogP contribution in [0.15, 0.2) is 124 Å². The molecule has 1 heterocycles. The molecule has 0 unspecified atom stereocenters. The number of carboxylic acid groups (broad SMARTS) is 1. The molecule has 0 aliphatic carbocycles. The van der Waals surface area contributed by atoms with Crippen LogP contribution in [0, 0.1) is 12.8 Å². The average Bonchev–Trinajstić information content (AvgIpc) is 3.54. The SMILES string of the molecule is Cc1ccc(S(=O)(=O)N[C@@H](CC(C)C)[C@@H](N=C(c2ccccc2)c2ccccc2N=C([O-])[C@H]2CCCN2Cc2ccccc2)C(=O)[O-])cc1.[Ni+2]. The van der Waals surface area contributed by atoms with Crippen molar-refractivity contribution in [3.05, 3.63) is 131 Å². The molecule has 1 fully saturated rings. The molecule has 1 saturated heterocycles. The van der Waals surface area contributed by atoms with Crippen molar-refractivity contribution in [1.29, 1.82) is 0 Å². The number of likely N-dealkylation sites (tertiary alicyclic amines) is 1. The summed E-state index contributed by atoms with van der Waals surface area (Å²) in [7, 11) is -4.11. The summed E-state index contributed by atoms with van der Waals surface area (Å²) < 4.78 is 29.6. The van der Waals surface area contributed by atoms with Gasteiger partial charge in [0.05, 0.1) is 28.3 Å². The van der Waals surface area contributed by atoms with Crippen LogP contribution in [0.4, 0.5) is 5.69 Å². The van der Waals surface area contributed by atoms with E-state index in [0.717, 1.165) is 24.1 Å². The van der Waals surface area contributed by atoms with Crippen molar-refractivity contribution in [3.63, 3.8) is 0 Å². The van der Waals surface area contributed by atoms with Crippen molar-refractivity contribution in [1.82, 2.24) is 9.62 Å². The molecule has 1 aliphatic heterocycles. The van der Waals surface area contributed by atoms with Crippen molar-refractivity contribution in [3.8, 4) is 0 Å². The number of sulfonamides is 1. The van der Waals surface area contributed by atoms with E-state index in [1.165, 1.54) is 12.1 Å². The molecule has 0 spiro atoms. The minimum Gasteiger partial charge on any atom is -0.861 e. The third-order valence-electron chi connectivity index (χ3n) is 8.57. The summed E-state index contributed by atoms with van der Waals surface area (Å²) in [5.41, 5.74) is 3.65. The zero-order chi connectivity index (χ0) is 35.0. The number of rotatable bonds is 14. The molecule has 5 rings (SSSR count). The Balaban J connectivity index is 0.00000562. The Hall–Kier alpha value is -4.15. The first-order valence-corrected chi connectivity index (χ1v) is 18.1. The van der Waals surface area contributed by atoms with Crippen molar-refractivity contribution >= 4 is 33.3 Å². The monoisotopic (exact) mass is 736 g/mol. The number of carbonyl (C=O) groups excluding carboxylic acids is 1. The normalized spacial score (nSPS) is 16.9. The number of carbonyl (C=O) groups is 1. The maximum absolute atomic E-state index is 13.8. The zero-order valence-electron chi connectivity index (χ0n) is 28.3. The number of aliphatic imine (C=N–C) groups is 2. The van der Waals surface area contributed by atoms with E-state index in [1.807, 2.05) is 57.2 Å². The third-order valence-corrected chi connectivity index (χ3v) is 10.1. The van der Waals surface area contributed by atoms with Crippen LogP contribution >= 0.6 is 0 Å². The molecule has 0 bridgehead atoms. The second-order valence-corrected chi connectivity index (χ2v) is 14.6. The summed E-state index contributed by atoms with van der Waals surface area (Å²) in [5, 5.41) is 26.6. The van der Waals surface area contributed by atoms with Gasteiger partial charge in [-0.3, -0.25) is 14.9 Å². The van der Waals surface area contributed by atoms with E-state index in [-0.39, 0.29) is 45.3 Å². The number of benzene rings is 4. The minimum atomic E-state index is -4.11. The molecule has 1 aliphatic rings. The summed E-state index contributed by atoms with van der Waals surface area (Å²) in [6.45, 7) is 7.02. The van der Waals surface area contributed by atoms with Gasteiger partial charge in [-0.25, -0.2) is 13.1 Å². The van der Waals surface area contributed by atoms with Crippen LogP contribution in [-0.2, 0) is 37.9 Å². The van der Waals surface area contributed by atoms with E-state index in [2.05, 4.69) is 14.6 Å². The molecule has 264 valence electrons. The van der Waals surface area contributed by atoms with Gasteiger partial charge < -0.3 is 15.0 Å². The second-order valence-electron chi connectivity index (χ2n) is 12.9. The van der Waals surface area contributed by atoms with Gasteiger partial charge in [-0.1, -0.05) is 110 Å². The van der Waals surface area contributed by atoms with E-state index in [0.29, 0.717) is 29.8 Å². The zero-order valence-corrected chi connectivity index (χ0v) is 30.1. The first-order valence-electron chi connectivity index (χ1n) is 16.6. The second kappa shape index (κ2) is 17.7. The van der Waals surface area contributed by atoms with Crippen LogP contribution in [0.3, 0.4) is 0 Å². The number of hydrogen-bond donors (Lipinski definition) is 1. The van der Waals surface area contributed by atoms with Crippen LogP contribution in [-0.4, -0.2) is 55.6 Å². The fourth-order valence-corrected chi connectivity index (χ4v) is 7.41. The molecule has 3 atom stereocenters. The first kappa shape index (κ1) is 38.7. The van der Waals surface area contributed by atoms with Crippen molar-refractivity contribution in [2.75, 3.05) is 6.54 Å². The summed E-state index contributed by atoms with van der Waals surface area (Å²) in [6.07, 6.45) is 1.74. The number of para-hydroxylation sites is 1. The van der Waals surface area contributed by atoms with Crippen LogP contribution in [0.25, 0.3) is 0 Å². The van der Waals surface area contributed by atoms with E-state index in [4.69, 9.17) is 4.99 Å². The molecule has 1 N–H and O–H groups in total. The van der Waals surface area contributed by atoms with Gasteiger partial charge in [0.15, 0.2) is 0 Å². The Morgan fingerprint density at radius 3 is 2.16 bits per heavy atom. The number of aliphatic carboxylic acids is 1. The third kappa shape index (κ3) is 9.97. The molecule has 4 aromatic rings. The van der Waals surface area contributed by atoms with Gasteiger partial charge in [-0.2, -0.15) is 0 Å². The standard InChI is InChI=1S/C39H44N4O5S.Ni/c1-27(2)25-34(42-49(47,48)31-22-20-28(3)21-23-31)37(39(45)46)41-36(30-15-8-5-9-16-30)32-17-10-11-18-33(32)40-38(44)35-19-12-24-43(35)26-29-13-6-4-7-14-29;/h4-11,13-18,20-23,27,34-35,37,42H,12,19,24-26H2,1-3H3,(H,40,44)(H,45,46);/q;+2/p-2/t34-,35+,37+;/m0./s1. The van der Waals surface area contributed by atoms with Crippen LogP contribution in [0.1, 0.15) is 55.4 Å². The molecule has 0 aromatic heterocycles. The first-order chi connectivity index (χ1) is 23.5. The quantitative estimate of drug-likeness (QED) is 0.116. The molecule has 0 amide bonds. The van der Waals surface area contributed by atoms with Gasteiger partial charge in [0.1, 0.15) is 6.04 Å². The van der Waals surface area contributed by atoms with Gasteiger partial charge in [0, 0.05) is 23.7 Å².